The number of hydrogen-bond donors (Lipinski definition) is 1. The Bertz CT molecular complexity index is 492. The lowest BCUT2D eigenvalue weighted by Gasteiger charge is -2.22. The van der Waals surface area contributed by atoms with Gasteiger partial charge in [-0.05, 0) is 32.2 Å². The molecule has 122 valence electrons. The summed E-state index contributed by atoms with van der Waals surface area (Å²) in [5.41, 5.74) is -0.540. The van der Waals surface area contributed by atoms with Gasteiger partial charge >= 0.3 is 6.09 Å². The second-order valence-corrected chi connectivity index (χ2v) is 6.85. The first-order valence-corrected chi connectivity index (χ1v) is 8.07. The van der Waals surface area contributed by atoms with E-state index in [1.54, 1.807) is 43.1 Å². The summed E-state index contributed by atoms with van der Waals surface area (Å²) in [4.78, 5) is 26.6. The maximum absolute atomic E-state index is 12.2. The van der Waals surface area contributed by atoms with E-state index in [1.165, 1.54) is 0 Å². The molecule has 0 aliphatic carbocycles. The van der Waals surface area contributed by atoms with Gasteiger partial charge in [0.15, 0.2) is 0 Å². The molecule has 6 heteroatoms. The van der Waals surface area contributed by atoms with Crippen molar-refractivity contribution in [1.82, 2.24) is 10.2 Å². The maximum Gasteiger partial charge on any atom is 0.407 e. The van der Waals surface area contributed by atoms with E-state index in [-0.39, 0.29) is 18.9 Å². The number of carbonyl (C=O) groups is 2. The number of hydrogen-bond acceptors (Lipinski definition) is 4. The molecule has 0 aliphatic heterocycles. The Balaban J connectivity index is 2.40. The first kappa shape index (κ1) is 18.2. The monoisotopic (exact) mass is 324 g/mol. The van der Waals surface area contributed by atoms with E-state index < -0.39 is 11.7 Å². The van der Waals surface area contributed by atoms with Crippen LogP contribution in [0, 0.1) is 0 Å². The molecular weight excluding hydrogens is 300 g/mol. The summed E-state index contributed by atoms with van der Waals surface area (Å²) in [7, 11) is 0. The fraction of sp³-hybridized carbons (Fsp3) is 0.500. The average Bonchev–Trinajstić information content (AvgIpc) is 2.89. The Hall–Kier alpha value is -1.82. The lowest BCUT2D eigenvalue weighted by molar-refractivity contribution is -0.131. The van der Waals surface area contributed by atoms with Gasteiger partial charge in [-0.2, -0.15) is 0 Å². The summed E-state index contributed by atoms with van der Waals surface area (Å²) in [5.74, 6) is -0.0237. The predicted molar refractivity (Wildman–Crippen MR) is 88.8 cm³/mol. The highest BCUT2D eigenvalue weighted by molar-refractivity contribution is 7.09. The molecule has 0 bridgehead atoms. The molecule has 1 N–H and O–H groups in total. The topological polar surface area (TPSA) is 58.6 Å². The van der Waals surface area contributed by atoms with Crippen LogP contribution >= 0.6 is 11.3 Å². The summed E-state index contributed by atoms with van der Waals surface area (Å²) in [6.07, 6.45) is 1.43. The summed E-state index contributed by atoms with van der Waals surface area (Å²) in [6, 6.07) is 3.95. The third-order valence-electron chi connectivity index (χ3n) is 2.64. The van der Waals surface area contributed by atoms with Crippen LogP contribution in [0.25, 0.3) is 0 Å². The van der Waals surface area contributed by atoms with Gasteiger partial charge in [-0.25, -0.2) is 4.79 Å². The third-order valence-corrected chi connectivity index (χ3v) is 3.50. The van der Waals surface area contributed by atoms with Crippen molar-refractivity contribution in [3.8, 4) is 0 Å². The van der Waals surface area contributed by atoms with Crippen molar-refractivity contribution in [2.45, 2.75) is 39.3 Å². The molecule has 2 amide bonds. The van der Waals surface area contributed by atoms with Crippen LogP contribution in [0.15, 0.2) is 30.2 Å². The summed E-state index contributed by atoms with van der Waals surface area (Å²) in [6.45, 7) is 10.4. The minimum atomic E-state index is -0.540. The Kier molecular flexibility index (Phi) is 7.11. The van der Waals surface area contributed by atoms with Gasteiger partial charge < -0.3 is 15.0 Å². The predicted octanol–water partition coefficient (Wildman–Crippen LogP) is 3.18. The SMILES string of the molecule is C=CCN(Cc1cccs1)C(=O)CCNC(=O)OC(C)(C)C. The minimum absolute atomic E-state index is 0.0237. The first-order valence-electron chi connectivity index (χ1n) is 7.19. The third kappa shape index (κ3) is 7.26. The van der Waals surface area contributed by atoms with Crippen molar-refractivity contribution in [3.63, 3.8) is 0 Å². The van der Waals surface area contributed by atoms with E-state index in [1.807, 2.05) is 17.5 Å². The number of nitrogens with zero attached hydrogens (tertiary/aromatic N) is 1. The maximum atomic E-state index is 12.2. The van der Waals surface area contributed by atoms with E-state index in [4.69, 9.17) is 4.74 Å². The molecule has 0 radical (unpaired) electrons. The van der Waals surface area contributed by atoms with Crippen LogP contribution in [0.4, 0.5) is 4.79 Å². The first-order chi connectivity index (χ1) is 10.3. The van der Waals surface area contributed by atoms with E-state index in [9.17, 15) is 9.59 Å². The zero-order valence-corrected chi connectivity index (χ0v) is 14.2. The molecule has 22 heavy (non-hydrogen) atoms. The van der Waals surface area contributed by atoms with Crippen LogP contribution in [0.2, 0.25) is 0 Å². The van der Waals surface area contributed by atoms with Crippen LogP contribution in [0.1, 0.15) is 32.1 Å². The van der Waals surface area contributed by atoms with Gasteiger partial charge in [-0.15, -0.1) is 17.9 Å². The molecule has 1 heterocycles. The molecule has 0 saturated heterocycles. The lowest BCUT2D eigenvalue weighted by Crippen LogP contribution is -2.36. The number of alkyl carbamates (subject to hydrolysis) is 1. The normalized spacial score (nSPS) is 10.9. The van der Waals surface area contributed by atoms with Crippen LogP contribution in [0.3, 0.4) is 0 Å². The molecule has 1 aromatic rings. The fourth-order valence-electron chi connectivity index (χ4n) is 1.74. The van der Waals surface area contributed by atoms with Gasteiger partial charge in [0.2, 0.25) is 5.91 Å². The summed E-state index contributed by atoms with van der Waals surface area (Å²) >= 11 is 1.61. The van der Waals surface area contributed by atoms with E-state index in [0.29, 0.717) is 13.1 Å². The molecule has 1 rings (SSSR count). The lowest BCUT2D eigenvalue weighted by atomic mass is 10.2. The standard InChI is InChI=1S/C16H24N2O3S/c1-5-10-18(12-13-7-6-11-22-13)14(19)8-9-17-15(20)21-16(2,3)4/h5-7,11H,1,8-10,12H2,2-4H3,(H,17,20). The Morgan fingerprint density at radius 1 is 1.45 bits per heavy atom. The van der Waals surface area contributed by atoms with Gasteiger partial charge in [0.25, 0.3) is 0 Å². The van der Waals surface area contributed by atoms with Crippen molar-refractivity contribution >= 4 is 23.3 Å². The second kappa shape index (κ2) is 8.58. The number of rotatable bonds is 7. The molecule has 0 aromatic carbocycles. The fourth-order valence-corrected chi connectivity index (χ4v) is 2.46. The van der Waals surface area contributed by atoms with Crippen molar-refractivity contribution in [3.05, 3.63) is 35.0 Å². The quantitative estimate of drug-likeness (QED) is 0.784. The zero-order chi connectivity index (χ0) is 16.6. The number of carbonyl (C=O) groups excluding carboxylic acids is 2. The number of amides is 2. The van der Waals surface area contributed by atoms with Gasteiger partial charge in [-0.3, -0.25) is 4.79 Å². The molecule has 1 aromatic heterocycles. The number of nitrogens with one attached hydrogen (secondary N) is 1. The zero-order valence-electron chi connectivity index (χ0n) is 13.4. The largest absolute Gasteiger partial charge is 0.444 e. The molecular formula is C16H24N2O3S. The van der Waals surface area contributed by atoms with Crippen LogP contribution in [0.5, 0.6) is 0 Å². The van der Waals surface area contributed by atoms with Gasteiger partial charge in [-0.1, -0.05) is 12.1 Å². The van der Waals surface area contributed by atoms with Gasteiger partial charge in [0.1, 0.15) is 5.60 Å². The molecule has 0 aliphatic rings. The highest BCUT2D eigenvalue weighted by Gasteiger charge is 2.17. The van der Waals surface area contributed by atoms with Crippen LogP contribution in [-0.4, -0.2) is 35.6 Å². The smallest absolute Gasteiger partial charge is 0.407 e. The van der Waals surface area contributed by atoms with E-state index >= 15 is 0 Å². The Morgan fingerprint density at radius 3 is 2.73 bits per heavy atom. The number of ether oxygens (including phenoxy) is 1. The Labute approximate surface area is 136 Å². The van der Waals surface area contributed by atoms with Crippen LogP contribution < -0.4 is 5.32 Å². The van der Waals surface area contributed by atoms with E-state index in [0.717, 1.165) is 4.88 Å². The van der Waals surface area contributed by atoms with Crippen molar-refractivity contribution < 1.29 is 14.3 Å². The van der Waals surface area contributed by atoms with Gasteiger partial charge in [0, 0.05) is 24.4 Å². The number of thiophene rings is 1. The average molecular weight is 324 g/mol. The minimum Gasteiger partial charge on any atom is -0.444 e. The highest BCUT2D eigenvalue weighted by atomic mass is 32.1. The second-order valence-electron chi connectivity index (χ2n) is 5.82. The molecule has 0 unspecified atom stereocenters. The molecule has 0 fully saturated rings. The van der Waals surface area contributed by atoms with E-state index in [2.05, 4.69) is 11.9 Å². The van der Waals surface area contributed by atoms with Crippen molar-refractivity contribution in [2.75, 3.05) is 13.1 Å². The molecule has 5 nitrogen and oxygen atoms in total. The van der Waals surface area contributed by atoms with Gasteiger partial charge in [0.05, 0.1) is 6.54 Å². The summed E-state index contributed by atoms with van der Waals surface area (Å²) < 4.78 is 5.12. The molecule has 0 atom stereocenters. The molecule has 0 spiro atoms. The molecule has 0 saturated carbocycles. The van der Waals surface area contributed by atoms with Crippen molar-refractivity contribution in [2.24, 2.45) is 0 Å². The highest BCUT2D eigenvalue weighted by Crippen LogP contribution is 2.12. The Morgan fingerprint density at radius 2 is 2.18 bits per heavy atom. The van der Waals surface area contributed by atoms with Crippen molar-refractivity contribution in [1.29, 1.82) is 0 Å². The van der Waals surface area contributed by atoms with Crippen LogP contribution in [-0.2, 0) is 16.1 Å². The summed E-state index contributed by atoms with van der Waals surface area (Å²) in [5, 5.41) is 4.58.